The highest BCUT2D eigenvalue weighted by Gasteiger charge is 2.57. The van der Waals surface area contributed by atoms with Gasteiger partial charge in [0.15, 0.2) is 0 Å². The molecule has 2 N–H and O–H groups in total. The summed E-state index contributed by atoms with van der Waals surface area (Å²) in [7, 11) is 1.58. The Balaban J connectivity index is 1.75. The molecular weight excluding hydrogens is 432 g/mol. The standard InChI is InChI=1S/C27H32N2O5/c1-16(2)29-25(31)23-20(24(26(32)33)27(29)11-5-6-12-27)13-17(3)14-21(23)28-22(30)15-18-7-9-19(34-4)10-8-18/h7-10,13-14,16,24H,5-6,11-12,15H2,1-4H3,(H,28,30)(H,32,33). The lowest BCUT2D eigenvalue weighted by Gasteiger charge is -2.51. The maximum atomic E-state index is 13.9. The number of nitrogens with one attached hydrogen (secondary N) is 1. The second-order valence-electron chi connectivity index (χ2n) is 9.70. The topological polar surface area (TPSA) is 95.9 Å². The Hall–Kier alpha value is -3.35. The number of methoxy groups -OCH3 is 1. The molecule has 2 amide bonds. The van der Waals surface area contributed by atoms with Crippen LogP contribution in [0, 0.1) is 6.92 Å². The third-order valence-electron chi connectivity index (χ3n) is 7.10. The lowest BCUT2D eigenvalue weighted by molar-refractivity contribution is -0.143. The van der Waals surface area contributed by atoms with Crippen LogP contribution in [0.15, 0.2) is 36.4 Å². The average molecular weight is 465 g/mol. The summed E-state index contributed by atoms with van der Waals surface area (Å²) in [5.41, 5.74) is 2.07. The molecule has 7 nitrogen and oxygen atoms in total. The van der Waals surface area contributed by atoms with Gasteiger partial charge in [0.1, 0.15) is 11.7 Å². The van der Waals surface area contributed by atoms with E-state index in [0.29, 0.717) is 35.4 Å². The van der Waals surface area contributed by atoms with Gasteiger partial charge in [-0.2, -0.15) is 0 Å². The second kappa shape index (κ2) is 9.12. The molecule has 1 unspecified atom stereocenters. The number of aryl methyl sites for hydroxylation is 1. The van der Waals surface area contributed by atoms with E-state index in [1.165, 1.54) is 0 Å². The Morgan fingerprint density at radius 2 is 1.82 bits per heavy atom. The van der Waals surface area contributed by atoms with E-state index in [1.54, 1.807) is 30.2 Å². The van der Waals surface area contributed by atoms with Gasteiger partial charge >= 0.3 is 5.97 Å². The number of carboxylic acids is 1. The Labute approximate surface area is 200 Å². The van der Waals surface area contributed by atoms with Crippen LogP contribution in [0.5, 0.6) is 5.75 Å². The quantitative estimate of drug-likeness (QED) is 0.655. The van der Waals surface area contributed by atoms with E-state index < -0.39 is 17.4 Å². The summed E-state index contributed by atoms with van der Waals surface area (Å²) in [4.78, 5) is 41.3. The first-order chi connectivity index (χ1) is 16.2. The minimum Gasteiger partial charge on any atom is -0.497 e. The summed E-state index contributed by atoms with van der Waals surface area (Å²) in [6, 6.07) is 10.6. The van der Waals surface area contributed by atoms with Crippen LogP contribution in [0.25, 0.3) is 0 Å². The van der Waals surface area contributed by atoms with E-state index in [9.17, 15) is 19.5 Å². The summed E-state index contributed by atoms with van der Waals surface area (Å²) in [5.74, 6) is -1.53. The first-order valence-corrected chi connectivity index (χ1v) is 11.8. The highest BCUT2D eigenvalue weighted by molar-refractivity contribution is 6.08. The van der Waals surface area contributed by atoms with Gasteiger partial charge in [0.05, 0.1) is 30.3 Å². The summed E-state index contributed by atoms with van der Waals surface area (Å²) in [6.45, 7) is 5.72. The van der Waals surface area contributed by atoms with Crippen LogP contribution in [-0.2, 0) is 16.0 Å². The van der Waals surface area contributed by atoms with Gasteiger partial charge in [-0.15, -0.1) is 0 Å². The van der Waals surface area contributed by atoms with Gasteiger partial charge in [-0.3, -0.25) is 14.4 Å². The molecule has 2 aromatic rings. The number of hydrogen-bond acceptors (Lipinski definition) is 4. The molecule has 180 valence electrons. The van der Waals surface area contributed by atoms with Gasteiger partial charge < -0.3 is 20.1 Å². The predicted octanol–water partition coefficient (Wildman–Crippen LogP) is 4.53. The number of nitrogens with zero attached hydrogens (tertiary/aromatic N) is 1. The third kappa shape index (κ3) is 4.04. The van der Waals surface area contributed by atoms with E-state index in [2.05, 4.69) is 5.32 Å². The van der Waals surface area contributed by atoms with Crippen molar-refractivity contribution in [2.24, 2.45) is 0 Å². The molecule has 4 rings (SSSR count). The number of benzene rings is 2. The number of aliphatic carboxylic acids is 1. The van der Waals surface area contributed by atoms with Crippen LogP contribution in [0.3, 0.4) is 0 Å². The monoisotopic (exact) mass is 464 g/mol. The molecule has 1 aliphatic carbocycles. The molecule has 34 heavy (non-hydrogen) atoms. The lowest BCUT2D eigenvalue weighted by Crippen LogP contribution is -2.61. The summed E-state index contributed by atoms with van der Waals surface area (Å²) < 4.78 is 5.16. The van der Waals surface area contributed by atoms with Crippen LogP contribution in [0.2, 0.25) is 0 Å². The number of fused-ring (bicyclic) bond motifs is 1. The molecule has 0 radical (unpaired) electrons. The van der Waals surface area contributed by atoms with E-state index >= 15 is 0 Å². The van der Waals surface area contributed by atoms with Gasteiger partial charge in [-0.25, -0.2) is 0 Å². The van der Waals surface area contributed by atoms with Gasteiger partial charge in [-0.1, -0.05) is 31.0 Å². The van der Waals surface area contributed by atoms with E-state index in [-0.39, 0.29) is 24.3 Å². The van der Waals surface area contributed by atoms with Crippen LogP contribution < -0.4 is 10.1 Å². The fourth-order valence-electron chi connectivity index (χ4n) is 5.88. The molecule has 1 heterocycles. The van der Waals surface area contributed by atoms with E-state index in [1.807, 2.05) is 39.0 Å². The van der Waals surface area contributed by atoms with Crippen LogP contribution in [0.4, 0.5) is 5.69 Å². The van der Waals surface area contributed by atoms with Crippen molar-refractivity contribution in [1.29, 1.82) is 0 Å². The molecule has 1 aliphatic heterocycles. The Morgan fingerprint density at radius 1 is 1.18 bits per heavy atom. The lowest BCUT2D eigenvalue weighted by atomic mass is 9.70. The number of ether oxygens (including phenoxy) is 1. The van der Waals surface area contributed by atoms with Crippen molar-refractivity contribution < 1.29 is 24.2 Å². The Kier molecular flexibility index (Phi) is 6.39. The normalized spacial score (nSPS) is 18.8. The molecule has 1 spiro atoms. The number of hydrogen-bond donors (Lipinski definition) is 2. The fraction of sp³-hybridized carbons (Fsp3) is 0.444. The smallest absolute Gasteiger partial charge is 0.313 e. The van der Waals surface area contributed by atoms with Crippen molar-refractivity contribution in [3.05, 3.63) is 58.7 Å². The number of carbonyl (C=O) groups excluding carboxylic acids is 2. The SMILES string of the molecule is COc1ccc(CC(=O)Nc2cc(C)cc3c2C(=O)N(C(C)C)C2(CCCC2)C3C(=O)O)cc1. The molecule has 0 bridgehead atoms. The zero-order chi connectivity index (χ0) is 24.6. The fourth-order valence-corrected chi connectivity index (χ4v) is 5.88. The predicted molar refractivity (Wildman–Crippen MR) is 129 cm³/mol. The summed E-state index contributed by atoms with van der Waals surface area (Å²) in [6.07, 6.45) is 3.25. The third-order valence-corrected chi connectivity index (χ3v) is 7.10. The van der Waals surface area contributed by atoms with Crippen molar-refractivity contribution >= 4 is 23.5 Å². The van der Waals surface area contributed by atoms with Crippen molar-refractivity contribution in [1.82, 2.24) is 4.90 Å². The molecule has 1 fully saturated rings. The molecule has 7 heteroatoms. The number of carboxylic acid groups (broad SMARTS) is 1. The Bertz CT molecular complexity index is 1120. The van der Waals surface area contributed by atoms with Crippen LogP contribution >= 0.6 is 0 Å². The maximum Gasteiger partial charge on any atom is 0.313 e. The molecule has 2 aromatic carbocycles. The minimum atomic E-state index is -0.928. The van der Waals surface area contributed by atoms with Gasteiger partial charge in [0, 0.05) is 6.04 Å². The molecular formula is C27H32N2O5. The van der Waals surface area contributed by atoms with Crippen LogP contribution in [-0.4, -0.2) is 46.5 Å². The first-order valence-electron chi connectivity index (χ1n) is 11.8. The molecule has 0 saturated heterocycles. The number of anilines is 1. The largest absolute Gasteiger partial charge is 0.497 e. The van der Waals surface area contributed by atoms with Crippen molar-refractivity contribution in [2.45, 2.75) is 70.4 Å². The van der Waals surface area contributed by atoms with Gasteiger partial charge in [0.2, 0.25) is 5.91 Å². The highest BCUT2D eigenvalue weighted by Crippen LogP contribution is 2.52. The molecule has 0 aromatic heterocycles. The molecule has 2 aliphatic rings. The van der Waals surface area contributed by atoms with Crippen molar-refractivity contribution in [3.8, 4) is 5.75 Å². The maximum absolute atomic E-state index is 13.9. The zero-order valence-corrected chi connectivity index (χ0v) is 20.2. The van der Waals surface area contributed by atoms with Crippen LogP contribution in [0.1, 0.15) is 72.5 Å². The second-order valence-corrected chi connectivity index (χ2v) is 9.70. The summed E-state index contributed by atoms with van der Waals surface area (Å²) >= 11 is 0. The van der Waals surface area contributed by atoms with Gasteiger partial charge in [0.25, 0.3) is 5.91 Å². The van der Waals surface area contributed by atoms with Crippen molar-refractivity contribution in [3.63, 3.8) is 0 Å². The van der Waals surface area contributed by atoms with Gasteiger partial charge in [-0.05, 0) is 68.5 Å². The van der Waals surface area contributed by atoms with Crippen molar-refractivity contribution in [2.75, 3.05) is 12.4 Å². The minimum absolute atomic E-state index is 0.126. The average Bonchev–Trinajstić information content (AvgIpc) is 3.22. The number of rotatable bonds is 6. The highest BCUT2D eigenvalue weighted by atomic mass is 16.5. The molecule has 1 saturated carbocycles. The van der Waals surface area contributed by atoms with E-state index in [0.717, 1.165) is 24.0 Å². The van der Waals surface area contributed by atoms with E-state index in [4.69, 9.17) is 4.74 Å². The number of carbonyl (C=O) groups is 3. The zero-order valence-electron chi connectivity index (χ0n) is 20.2. The Morgan fingerprint density at radius 3 is 2.38 bits per heavy atom. The molecule has 1 atom stereocenters. The summed E-state index contributed by atoms with van der Waals surface area (Å²) in [5, 5.41) is 13.3. The number of amides is 2. The first kappa shape index (κ1) is 23.8.